The highest BCUT2D eigenvalue weighted by molar-refractivity contribution is 5.17. The molecule has 2 fully saturated rings. The average Bonchev–Trinajstić information content (AvgIpc) is 2.86. The topological polar surface area (TPSA) is 25.2 Å². The van der Waals surface area contributed by atoms with Crippen LogP contribution >= 0.6 is 0 Å². The lowest BCUT2D eigenvalue weighted by atomic mass is 10.0. The van der Waals surface area contributed by atoms with Crippen LogP contribution in [0.15, 0.2) is 16.5 Å². The van der Waals surface area contributed by atoms with Crippen LogP contribution in [0.3, 0.4) is 0 Å². The highest BCUT2D eigenvalue weighted by Crippen LogP contribution is 2.47. The second kappa shape index (κ2) is 5.48. The minimum absolute atomic E-state index is 0.706. The third kappa shape index (κ3) is 2.97. The van der Waals surface area contributed by atoms with E-state index in [4.69, 9.17) is 4.42 Å². The molecule has 1 aromatic heterocycles. The maximum atomic E-state index is 5.89. The van der Waals surface area contributed by atoms with Crippen LogP contribution in [0.1, 0.15) is 62.9 Å². The summed E-state index contributed by atoms with van der Waals surface area (Å²) in [6.07, 6.45) is 8.45. The molecule has 100 valence electrons. The highest BCUT2D eigenvalue weighted by Gasteiger charge is 2.36. The Morgan fingerprint density at radius 2 is 2.06 bits per heavy atom. The van der Waals surface area contributed by atoms with Crippen LogP contribution in [0.5, 0.6) is 0 Å². The second-order valence-electron chi connectivity index (χ2n) is 6.24. The Kier molecular flexibility index (Phi) is 3.74. The Hall–Kier alpha value is -0.760. The van der Waals surface area contributed by atoms with Crippen molar-refractivity contribution in [2.45, 2.75) is 57.9 Å². The van der Waals surface area contributed by atoms with Crippen LogP contribution in [0.2, 0.25) is 0 Å². The van der Waals surface area contributed by atoms with Crippen molar-refractivity contribution in [2.24, 2.45) is 11.8 Å². The summed E-state index contributed by atoms with van der Waals surface area (Å²) < 4.78 is 5.89. The molecule has 0 amide bonds. The first-order valence-electron chi connectivity index (χ1n) is 7.62. The van der Waals surface area contributed by atoms with Crippen LogP contribution in [0.25, 0.3) is 0 Å². The minimum atomic E-state index is 0.706. The van der Waals surface area contributed by atoms with Crippen LogP contribution in [-0.2, 0) is 6.54 Å². The normalized spacial score (nSPS) is 27.8. The van der Waals surface area contributed by atoms with Gasteiger partial charge in [0.05, 0.1) is 6.54 Å². The van der Waals surface area contributed by atoms with Gasteiger partial charge >= 0.3 is 0 Å². The van der Waals surface area contributed by atoms with Crippen LogP contribution < -0.4 is 5.32 Å². The van der Waals surface area contributed by atoms with Gasteiger partial charge in [-0.2, -0.15) is 0 Å². The Labute approximate surface area is 110 Å². The maximum absolute atomic E-state index is 5.89. The molecule has 0 saturated heterocycles. The smallest absolute Gasteiger partial charge is 0.117 e. The SMILES string of the molecule is CC1CC1c1ccc(CNCCC2CCCC2)o1. The molecular weight excluding hydrogens is 222 g/mol. The van der Waals surface area contributed by atoms with Gasteiger partial charge in [0.2, 0.25) is 0 Å². The Bertz CT molecular complexity index is 378. The van der Waals surface area contributed by atoms with E-state index in [0.29, 0.717) is 5.92 Å². The highest BCUT2D eigenvalue weighted by atomic mass is 16.3. The fourth-order valence-electron chi connectivity index (χ4n) is 3.22. The van der Waals surface area contributed by atoms with E-state index in [1.807, 2.05) is 0 Å². The van der Waals surface area contributed by atoms with Crippen molar-refractivity contribution in [1.82, 2.24) is 5.32 Å². The van der Waals surface area contributed by atoms with Gasteiger partial charge in [-0.25, -0.2) is 0 Å². The van der Waals surface area contributed by atoms with Crippen LogP contribution in [0, 0.1) is 11.8 Å². The lowest BCUT2D eigenvalue weighted by Crippen LogP contribution is -2.16. The molecule has 2 heteroatoms. The van der Waals surface area contributed by atoms with E-state index in [-0.39, 0.29) is 0 Å². The largest absolute Gasteiger partial charge is 0.464 e. The van der Waals surface area contributed by atoms with Gasteiger partial charge in [-0.3, -0.25) is 0 Å². The molecule has 0 aliphatic heterocycles. The van der Waals surface area contributed by atoms with E-state index >= 15 is 0 Å². The van der Waals surface area contributed by atoms with Gasteiger partial charge in [-0.05, 0) is 43.4 Å². The molecule has 2 saturated carbocycles. The molecule has 0 aromatic carbocycles. The van der Waals surface area contributed by atoms with Gasteiger partial charge in [-0.1, -0.05) is 32.6 Å². The van der Waals surface area contributed by atoms with Crippen molar-refractivity contribution in [3.05, 3.63) is 23.7 Å². The summed E-state index contributed by atoms with van der Waals surface area (Å²) >= 11 is 0. The minimum Gasteiger partial charge on any atom is -0.464 e. The van der Waals surface area contributed by atoms with E-state index in [9.17, 15) is 0 Å². The Balaban J connectivity index is 1.36. The maximum Gasteiger partial charge on any atom is 0.117 e. The van der Waals surface area contributed by atoms with Gasteiger partial charge in [0.25, 0.3) is 0 Å². The zero-order valence-corrected chi connectivity index (χ0v) is 11.5. The standard InChI is InChI=1S/C16H25NO/c1-12-10-15(12)16-7-6-14(18-16)11-17-9-8-13-4-2-3-5-13/h6-7,12-13,15,17H,2-5,8-11H2,1H3. The van der Waals surface area contributed by atoms with Gasteiger partial charge in [0.1, 0.15) is 11.5 Å². The van der Waals surface area contributed by atoms with Gasteiger partial charge in [0, 0.05) is 5.92 Å². The van der Waals surface area contributed by atoms with E-state index < -0.39 is 0 Å². The molecular formula is C16H25NO. The van der Waals surface area contributed by atoms with Crippen molar-refractivity contribution in [2.75, 3.05) is 6.54 Å². The molecule has 0 bridgehead atoms. The molecule has 2 unspecified atom stereocenters. The summed E-state index contributed by atoms with van der Waals surface area (Å²) in [5.74, 6) is 4.83. The summed E-state index contributed by atoms with van der Waals surface area (Å²) in [5, 5.41) is 3.52. The molecule has 2 atom stereocenters. The third-order valence-corrected chi connectivity index (χ3v) is 4.66. The number of hydrogen-bond donors (Lipinski definition) is 1. The zero-order chi connectivity index (χ0) is 12.4. The number of furan rings is 1. The third-order valence-electron chi connectivity index (χ3n) is 4.66. The van der Waals surface area contributed by atoms with Gasteiger partial charge in [-0.15, -0.1) is 0 Å². The summed E-state index contributed by atoms with van der Waals surface area (Å²) in [4.78, 5) is 0. The van der Waals surface area contributed by atoms with E-state index in [1.165, 1.54) is 44.3 Å². The fraction of sp³-hybridized carbons (Fsp3) is 0.750. The molecule has 1 N–H and O–H groups in total. The van der Waals surface area contributed by atoms with Crippen molar-refractivity contribution < 1.29 is 4.42 Å². The molecule has 2 nitrogen and oxygen atoms in total. The van der Waals surface area contributed by atoms with E-state index in [2.05, 4.69) is 24.4 Å². The quantitative estimate of drug-likeness (QED) is 0.766. The predicted molar refractivity (Wildman–Crippen MR) is 73.5 cm³/mol. The number of rotatable bonds is 6. The molecule has 2 aliphatic rings. The number of hydrogen-bond acceptors (Lipinski definition) is 2. The zero-order valence-electron chi connectivity index (χ0n) is 11.5. The van der Waals surface area contributed by atoms with Crippen LogP contribution in [0.4, 0.5) is 0 Å². The fourth-order valence-corrected chi connectivity index (χ4v) is 3.22. The molecule has 0 radical (unpaired) electrons. The predicted octanol–water partition coefficient (Wildman–Crippen LogP) is 4.07. The average molecular weight is 247 g/mol. The van der Waals surface area contributed by atoms with Gasteiger partial charge in [0.15, 0.2) is 0 Å². The van der Waals surface area contributed by atoms with Crippen molar-refractivity contribution >= 4 is 0 Å². The molecule has 1 heterocycles. The van der Waals surface area contributed by atoms with Crippen molar-refractivity contribution in [1.29, 1.82) is 0 Å². The second-order valence-corrected chi connectivity index (χ2v) is 6.24. The summed E-state index contributed by atoms with van der Waals surface area (Å²) in [6.45, 7) is 4.33. The van der Waals surface area contributed by atoms with Crippen molar-refractivity contribution in [3.63, 3.8) is 0 Å². The van der Waals surface area contributed by atoms with E-state index in [0.717, 1.165) is 30.7 Å². The molecule has 0 spiro atoms. The molecule has 3 rings (SSSR count). The first kappa shape index (κ1) is 12.3. The summed E-state index contributed by atoms with van der Waals surface area (Å²) in [6, 6.07) is 4.31. The number of nitrogens with one attached hydrogen (secondary N) is 1. The van der Waals surface area contributed by atoms with Gasteiger partial charge < -0.3 is 9.73 Å². The van der Waals surface area contributed by atoms with Crippen LogP contribution in [-0.4, -0.2) is 6.54 Å². The molecule has 2 aliphatic carbocycles. The first-order valence-corrected chi connectivity index (χ1v) is 7.62. The molecule has 18 heavy (non-hydrogen) atoms. The summed E-state index contributed by atoms with van der Waals surface area (Å²) in [7, 11) is 0. The van der Waals surface area contributed by atoms with E-state index in [1.54, 1.807) is 0 Å². The summed E-state index contributed by atoms with van der Waals surface area (Å²) in [5.41, 5.74) is 0. The lowest BCUT2D eigenvalue weighted by molar-refractivity contribution is 0.427. The first-order chi connectivity index (χ1) is 8.83. The Morgan fingerprint density at radius 1 is 1.28 bits per heavy atom. The molecule has 1 aromatic rings. The monoisotopic (exact) mass is 247 g/mol. The van der Waals surface area contributed by atoms with Crippen molar-refractivity contribution in [3.8, 4) is 0 Å². The lowest BCUT2D eigenvalue weighted by Gasteiger charge is -2.08. The Morgan fingerprint density at radius 3 is 2.78 bits per heavy atom.